The molecule has 0 amide bonds. The molecule has 1 aliphatic rings. The summed E-state index contributed by atoms with van der Waals surface area (Å²) in [5, 5.41) is 19.7. The summed E-state index contributed by atoms with van der Waals surface area (Å²) in [7, 11) is 0. The average Bonchev–Trinajstić information content (AvgIpc) is 3.09. The van der Waals surface area contributed by atoms with Gasteiger partial charge in [-0.1, -0.05) is 23.7 Å². The van der Waals surface area contributed by atoms with Crippen molar-refractivity contribution in [2.45, 2.75) is 26.8 Å². The summed E-state index contributed by atoms with van der Waals surface area (Å²) in [6, 6.07) is 9.78. The maximum atomic E-state index is 9.51. The second kappa shape index (κ2) is 5.80. The average molecular weight is 368 g/mol. The van der Waals surface area contributed by atoms with Gasteiger partial charge in [-0.25, -0.2) is 0 Å². The molecule has 1 aromatic carbocycles. The van der Waals surface area contributed by atoms with Crippen LogP contribution in [0.3, 0.4) is 0 Å². The van der Waals surface area contributed by atoms with Crippen LogP contribution >= 0.6 is 22.9 Å². The molecule has 0 radical (unpaired) electrons. The van der Waals surface area contributed by atoms with Gasteiger partial charge >= 0.3 is 0 Å². The van der Waals surface area contributed by atoms with Crippen molar-refractivity contribution in [1.82, 2.24) is 14.8 Å². The normalized spacial score (nSPS) is 15.8. The van der Waals surface area contributed by atoms with Gasteiger partial charge in [0.2, 0.25) is 0 Å². The second-order valence-electron chi connectivity index (χ2n) is 5.95. The van der Waals surface area contributed by atoms with Gasteiger partial charge in [-0.15, -0.1) is 21.5 Å². The van der Waals surface area contributed by atoms with Crippen molar-refractivity contribution in [2.24, 2.45) is 4.99 Å². The van der Waals surface area contributed by atoms with Gasteiger partial charge < -0.3 is 0 Å². The Balaban J connectivity index is 2.07. The van der Waals surface area contributed by atoms with Gasteiger partial charge in [0.05, 0.1) is 5.71 Å². The van der Waals surface area contributed by atoms with Crippen LogP contribution < -0.4 is 0 Å². The van der Waals surface area contributed by atoms with Gasteiger partial charge in [0, 0.05) is 16.1 Å². The molecule has 4 rings (SSSR count). The summed E-state index contributed by atoms with van der Waals surface area (Å²) in [6.07, 6.45) is 0. The SMILES string of the molecule is Cc1c(C#N)sc2c1C(c1ccc(Cl)cc1)=N[C@@H](C)c1nnc(C)n1-2. The second-order valence-corrected chi connectivity index (χ2v) is 7.39. The van der Waals surface area contributed by atoms with Crippen LogP contribution in [0, 0.1) is 25.2 Å². The summed E-state index contributed by atoms with van der Waals surface area (Å²) in [5.74, 6) is 1.58. The molecule has 0 unspecified atom stereocenters. The van der Waals surface area contributed by atoms with Crippen molar-refractivity contribution in [3.8, 4) is 11.1 Å². The summed E-state index contributed by atoms with van der Waals surface area (Å²) >= 11 is 7.50. The zero-order valence-electron chi connectivity index (χ0n) is 13.9. The predicted molar refractivity (Wildman–Crippen MR) is 98.9 cm³/mol. The number of nitrogens with zero attached hydrogens (tertiary/aromatic N) is 5. The molecule has 0 saturated heterocycles. The number of rotatable bonds is 1. The van der Waals surface area contributed by atoms with E-state index in [2.05, 4.69) is 16.3 Å². The number of benzene rings is 1. The highest BCUT2D eigenvalue weighted by Gasteiger charge is 2.30. The van der Waals surface area contributed by atoms with Crippen LogP contribution in [-0.2, 0) is 0 Å². The number of aryl methyl sites for hydroxylation is 1. The Kier molecular flexibility index (Phi) is 3.71. The van der Waals surface area contributed by atoms with Crippen LogP contribution in [0.15, 0.2) is 29.3 Å². The molecule has 0 saturated carbocycles. The lowest BCUT2D eigenvalue weighted by Crippen LogP contribution is -2.07. The summed E-state index contributed by atoms with van der Waals surface area (Å²) in [6.45, 7) is 5.89. The van der Waals surface area contributed by atoms with Gasteiger partial charge in [0.15, 0.2) is 5.82 Å². The van der Waals surface area contributed by atoms with Crippen LogP contribution in [0.1, 0.15) is 46.2 Å². The molecule has 2 aromatic heterocycles. The quantitative estimate of drug-likeness (QED) is 0.640. The minimum Gasteiger partial charge on any atom is -0.273 e. The zero-order valence-corrected chi connectivity index (χ0v) is 15.5. The van der Waals surface area contributed by atoms with E-state index in [9.17, 15) is 5.26 Å². The third kappa shape index (κ3) is 2.39. The van der Waals surface area contributed by atoms with Crippen molar-refractivity contribution in [3.05, 3.63) is 62.5 Å². The third-order valence-corrected chi connectivity index (χ3v) is 5.77. The number of aliphatic imine (C=N–C) groups is 1. The molecule has 1 aliphatic heterocycles. The molecule has 0 bridgehead atoms. The van der Waals surface area contributed by atoms with E-state index < -0.39 is 0 Å². The maximum Gasteiger partial charge on any atom is 0.162 e. The Morgan fingerprint density at radius 3 is 2.60 bits per heavy atom. The molecule has 1 atom stereocenters. The predicted octanol–water partition coefficient (Wildman–Crippen LogP) is 4.38. The highest BCUT2D eigenvalue weighted by Crippen LogP contribution is 2.38. The Labute approximate surface area is 154 Å². The summed E-state index contributed by atoms with van der Waals surface area (Å²) in [5.41, 5.74) is 3.74. The topological polar surface area (TPSA) is 66.9 Å². The lowest BCUT2D eigenvalue weighted by atomic mass is 10.00. The van der Waals surface area contributed by atoms with Gasteiger partial charge in [-0.2, -0.15) is 5.26 Å². The number of hydrogen-bond donors (Lipinski definition) is 0. The molecule has 0 spiro atoms. The molecule has 0 fully saturated rings. The van der Waals surface area contributed by atoms with Crippen LogP contribution in [0.2, 0.25) is 5.02 Å². The Hall–Kier alpha value is -2.49. The Morgan fingerprint density at radius 1 is 1.20 bits per heavy atom. The van der Waals surface area contributed by atoms with E-state index >= 15 is 0 Å². The Morgan fingerprint density at radius 2 is 1.92 bits per heavy atom. The van der Waals surface area contributed by atoms with Crippen LogP contribution in [0.4, 0.5) is 0 Å². The molecule has 5 nitrogen and oxygen atoms in total. The van der Waals surface area contributed by atoms with E-state index in [1.54, 1.807) is 0 Å². The molecular weight excluding hydrogens is 354 g/mol. The van der Waals surface area contributed by atoms with Crippen molar-refractivity contribution in [1.29, 1.82) is 5.26 Å². The van der Waals surface area contributed by atoms with E-state index in [-0.39, 0.29) is 6.04 Å². The molecule has 124 valence electrons. The molecule has 3 heterocycles. The highest BCUT2D eigenvalue weighted by atomic mass is 35.5. The number of halogens is 1. The number of thiophene rings is 1. The van der Waals surface area contributed by atoms with E-state index in [0.717, 1.165) is 39.1 Å². The van der Waals surface area contributed by atoms with Gasteiger partial charge in [0.1, 0.15) is 27.8 Å². The zero-order chi connectivity index (χ0) is 17.7. The van der Waals surface area contributed by atoms with Gasteiger partial charge in [0.25, 0.3) is 0 Å². The first-order chi connectivity index (χ1) is 12.0. The van der Waals surface area contributed by atoms with Crippen molar-refractivity contribution < 1.29 is 0 Å². The fourth-order valence-corrected chi connectivity index (χ4v) is 4.37. The fourth-order valence-electron chi connectivity index (χ4n) is 3.08. The minimum atomic E-state index is -0.142. The van der Waals surface area contributed by atoms with E-state index in [4.69, 9.17) is 16.6 Å². The summed E-state index contributed by atoms with van der Waals surface area (Å²) in [4.78, 5) is 5.61. The molecule has 3 aromatic rings. The first-order valence-corrected chi connectivity index (χ1v) is 9.00. The van der Waals surface area contributed by atoms with Crippen LogP contribution in [0.5, 0.6) is 0 Å². The lowest BCUT2D eigenvalue weighted by molar-refractivity contribution is 0.724. The third-order valence-electron chi connectivity index (χ3n) is 4.33. The molecule has 0 aliphatic carbocycles. The highest BCUT2D eigenvalue weighted by molar-refractivity contribution is 7.15. The first kappa shape index (κ1) is 16.0. The monoisotopic (exact) mass is 367 g/mol. The molecule has 25 heavy (non-hydrogen) atoms. The van der Waals surface area contributed by atoms with E-state index in [0.29, 0.717) is 9.90 Å². The lowest BCUT2D eigenvalue weighted by Gasteiger charge is -2.09. The number of fused-ring (bicyclic) bond motifs is 3. The molecular formula is C18H14ClN5S. The van der Waals surface area contributed by atoms with Crippen molar-refractivity contribution in [2.75, 3.05) is 0 Å². The summed E-state index contributed by atoms with van der Waals surface area (Å²) < 4.78 is 2.02. The van der Waals surface area contributed by atoms with Gasteiger partial charge in [-0.3, -0.25) is 9.56 Å². The van der Waals surface area contributed by atoms with E-state index in [1.165, 1.54) is 11.3 Å². The van der Waals surface area contributed by atoms with E-state index in [1.807, 2.05) is 49.6 Å². The largest absolute Gasteiger partial charge is 0.273 e. The van der Waals surface area contributed by atoms with Crippen molar-refractivity contribution >= 4 is 28.6 Å². The molecule has 0 N–H and O–H groups in total. The standard InChI is InChI=1S/C18H14ClN5S/c1-9-14(8-20)25-18-15(9)16(12-4-6-13(19)7-5-12)21-10(2)17-23-22-11(3)24(17)18/h4-7,10H,1-3H3/t10-/m0/s1. The minimum absolute atomic E-state index is 0.142. The molecule has 7 heteroatoms. The Bertz CT molecular complexity index is 1050. The number of hydrogen-bond acceptors (Lipinski definition) is 5. The van der Waals surface area contributed by atoms with Crippen LogP contribution in [-0.4, -0.2) is 20.5 Å². The smallest absolute Gasteiger partial charge is 0.162 e. The first-order valence-electron chi connectivity index (χ1n) is 7.81. The number of nitriles is 1. The maximum absolute atomic E-state index is 9.51. The fraction of sp³-hybridized carbons (Fsp3) is 0.222. The van der Waals surface area contributed by atoms with Gasteiger partial charge in [-0.05, 0) is 38.5 Å². The van der Waals surface area contributed by atoms with Crippen molar-refractivity contribution in [3.63, 3.8) is 0 Å². The van der Waals surface area contributed by atoms with Crippen LogP contribution in [0.25, 0.3) is 5.00 Å². The number of aromatic nitrogens is 3.